The summed E-state index contributed by atoms with van der Waals surface area (Å²) in [5.74, 6) is -1.94. The van der Waals surface area contributed by atoms with Crippen molar-refractivity contribution in [2.75, 3.05) is 14.2 Å². The number of carbonyl (C=O) groups is 2. The van der Waals surface area contributed by atoms with Crippen LogP contribution in [0.2, 0.25) is 0 Å². The van der Waals surface area contributed by atoms with E-state index in [0.717, 1.165) is 14.2 Å². The highest BCUT2D eigenvalue weighted by molar-refractivity contribution is 6.68. The van der Waals surface area contributed by atoms with Crippen molar-refractivity contribution in [2.24, 2.45) is 0 Å². The summed E-state index contributed by atoms with van der Waals surface area (Å²) in [4.78, 5) is 20.1. The van der Waals surface area contributed by atoms with Crippen LogP contribution in [0.4, 0.5) is 0 Å². The fourth-order valence-corrected chi connectivity index (χ4v) is 5.05. The number of carbonyl (C=O) groups excluding carboxylic acids is 2. The predicted molar refractivity (Wildman–Crippen MR) is 81.4 cm³/mol. The lowest BCUT2D eigenvalue weighted by Crippen LogP contribution is -2.46. The zero-order chi connectivity index (χ0) is 16.4. The second-order valence-electron chi connectivity index (χ2n) is 4.25. The molecule has 10 heteroatoms. The first-order chi connectivity index (χ1) is 9.53. The molecule has 0 radical (unpaired) electrons. The van der Waals surface area contributed by atoms with Gasteiger partial charge in [-0.3, -0.25) is 0 Å². The quantitative estimate of drug-likeness (QED) is 0.513. The van der Waals surface area contributed by atoms with Gasteiger partial charge in [-0.1, -0.05) is 46.4 Å². The lowest BCUT2D eigenvalue weighted by atomic mass is 9.95. The van der Waals surface area contributed by atoms with Gasteiger partial charge in [0.25, 0.3) is 0 Å². The Morgan fingerprint density at radius 2 is 1.10 bits per heavy atom. The molecular weight excluding hydrogens is 409 g/mol. The van der Waals surface area contributed by atoms with E-state index >= 15 is 0 Å². The first-order valence-electron chi connectivity index (χ1n) is 5.27. The molecule has 0 amide bonds. The normalized spacial score (nSPS) is 33.5. The lowest BCUT2D eigenvalue weighted by Gasteiger charge is -2.32. The van der Waals surface area contributed by atoms with E-state index in [4.69, 9.17) is 69.6 Å². The fourth-order valence-electron chi connectivity index (χ4n) is 2.38. The van der Waals surface area contributed by atoms with E-state index in [0.29, 0.717) is 0 Å². The lowest BCUT2D eigenvalue weighted by molar-refractivity contribution is -0.139. The molecule has 2 unspecified atom stereocenters. The molecule has 0 aromatic heterocycles. The van der Waals surface area contributed by atoms with Crippen LogP contribution in [-0.4, -0.2) is 40.2 Å². The minimum Gasteiger partial charge on any atom is -0.466 e. The summed E-state index contributed by atoms with van der Waals surface area (Å²) >= 11 is 37.3. The summed E-state index contributed by atoms with van der Waals surface area (Å²) in [6.07, 6.45) is 0. The van der Waals surface area contributed by atoms with Crippen molar-refractivity contribution in [3.63, 3.8) is 0 Å². The first kappa shape index (κ1) is 17.5. The Kier molecular flexibility index (Phi) is 4.24. The molecule has 4 nitrogen and oxygen atoms in total. The maximum Gasteiger partial charge on any atom is 0.336 e. The van der Waals surface area contributed by atoms with Gasteiger partial charge < -0.3 is 9.47 Å². The van der Waals surface area contributed by atoms with Gasteiger partial charge in [0.1, 0.15) is 9.75 Å². The van der Waals surface area contributed by atoms with Crippen LogP contribution in [0.5, 0.6) is 0 Å². The Bertz CT molecular complexity index is 574. The zero-order valence-electron chi connectivity index (χ0n) is 10.4. The Morgan fingerprint density at radius 1 is 0.810 bits per heavy atom. The van der Waals surface area contributed by atoms with Gasteiger partial charge in [-0.05, 0) is 0 Å². The van der Waals surface area contributed by atoms with Crippen LogP contribution < -0.4 is 0 Å². The van der Waals surface area contributed by atoms with Crippen molar-refractivity contribution >= 4 is 81.5 Å². The number of esters is 2. The Balaban J connectivity index is 2.90. The number of halogens is 6. The van der Waals surface area contributed by atoms with Gasteiger partial charge in [-0.2, -0.15) is 0 Å². The molecule has 2 atom stereocenters. The highest BCUT2D eigenvalue weighted by atomic mass is 35.5. The second-order valence-corrected chi connectivity index (χ2v) is 7.47. The molecule has 2 rings (SSSR count). The van der Waals surface area contributed by atoms with Crippen LogP contribution in [0, 0.1) is 0 Å². The average Bonchev–Trinajstić information content (AvgIpc) is 2.65. The second kappa shape index (κ2) is 5.08. The summed E-state index contributed by atoms with van der Waals surface area (Å²) < 4.78 is 7.13. The van der Waals surface area contributed by atoms with E-state index in [1.54, 1.807) is 0 Å². The third kappa shape index (κ3) is 1.72. The van der Waals surface area contributed by atoms with Crippen LogP contribution >= 0.6 is 69.6 Å². The molecule has 2 bridgehead atoms. The topological polar surface area (TPSA) is 52.6 Å². The number of alkyl halides is 4. The van der Waals surface area contributed by atoms with Crippen LogP contribution in [0.3, 0.4) is 0 Å². The minimum atomic E-state index is -2.09. The number of rotatable bonds is 2. The van der Waals surface area contributed by atoms with Gasteiger partial charge in [-0.15, -0.1) is 23.2 Å². The van der Waals surface area contributed by atoms with Crippen molar-refractivity contribution in [2.45, 2.75) is 14.1 Å². The van der Waals surface area contributed by atoms with Crippen LogP contribution in [0.25, 0.3) is 0 Å². The molecule has 0 fully saturated rings. The summed E-state index contributed by atoms with van der Waals surface area (Å²) in [6.45, 7) is 0. The molecule has 21 heavy (non-hydrogen) atoms. The zero-order valence-corrected chi connectivity index (χ0v) is 14.9. The van der Waals surface area contributed by atoms with Crippen LogP contribution in [0.1, 0.15) is 0 Å². The highest BCUT2D eigenvalue weighted by Gasteiger charge is 2.80. The smallest absolute Gasteiger partial charge is 0.336 e. The summed E-state index contributed by atoms with van der Waals surface area (Å²) in [5, 5.41) is -0.502. The monoisotopic (exact) mass is 412 g/mol. The molecule has 0 spiro atoms. The number of allylic oxidation sites excluding steroid dienone is 2. The van der Waals surface area contributed by atoms with Gasteiger partial charge in [0.05, 0.1) is 35.4 Å². The predicted octanol–water partition coefficient (Wildman–Crippen LogP) is 3.47. The molecule has 0 aliphatic heterocycles. The molecular formula is C11H6Cl6O4. The van der Waals surface area contributed by atoms with Gasteiger partial charge in [0.15, 0.2) is 4.33 Å². The van der Waals surface area contributed by atoms with Crippen LogP contribution in [-0.2, 0) is 19.1 Å². The maximum atomic E-state index is 12.0. The van der Waals surface area contributed by atoms with E-state index in [1.807, 2.05) is 0 Å². The molecule has 0 saturated heterocycles. The Morgan fingerprint density at radius 3 is 1.33 bits per heavy atom. The minimum absolute atomic E-state index is 0.251. The molecule has 2 aliphatic rings. The summed E-state index contributed by atoms with van der Waals surface area (Å²) in [5.41, 5.74) is -0.791. The maximum absolute atomic E-state index is 12.0. The van der Waals surface area contributed by atoms with E-state index in [1.165, 1.54) is 0 Å². The molecule has 0 heterocycles. The number of methoxy groups -OCH3 is 2. The number of hydrogen-bond acceptors (Lipinski definition) is 4. The van der Waals surface area contributed by atoms with E-state index < -0.39 is 37.2 Å². The number of ether oxygens (including phenoxy) is 2. The number of hydrogen-bond donors (Lipinski definition) is 0. The third-order valence-electron chi connectivity index (χ3n) is 3.38. The Labute approximate surface area is 149 Å². The molecule has 0 saturated carbocycles. The standard InChI is InChI=1S/C11H6Cl6O4/c1-20-7(18)3-4(8(19)21-2)10(15)6(13)5(12)9(3,14)11(10,16)17/h1-2H3. The first-order valence-corrected chi connectivity index (χ1v) is 7.53. The van der Waals surface area contributed by atoms with Crippen LogP contribution in [0.15, 0.2) is 21.2 Å². The molecule has 2 aliphatic carbocycles. The van der Waals surface area contributed by atoms with E-state index in [2.05, 4.69) is 9.47 Å². The van der Waals surface area contributed by atoms with Crippen molar-refractivity contribution in [3.05, 3.63) is 21.2 Å². The molecule has 0 aromatic carbocycles. The number of fused-ring (bicyclic) bond motifs is 2. The van der Waals surface area contributed by atoms with Gasteiger partial charge >= 0.3 is 11.9 Å². The van der Waals surface area contributed by atoms with Crippen molar-refractivity contribution in [1.82, 2.24) is 0 Å². The van der Waals surface area contributed by atoms with Crippen molar-refractivity contribution in [1.29, 1.82) is 0 Å². The third-order valence-corrected chi connectivity index (χ3v) is 7.46. The van der Waals surface area contributed by atoms with Gasteiger partial charge in [0.2, 0.25) is 0 Å². The van der Waals surface area contributed by atoms with E-state index in [-0.39, 0.29) is 10.1 Å². The van der Waals surface area contributed by atoms with E-state index in [9.17, 15) is 9.59 Å². The summed E-state index contributed by atoms with van der Waals surface area (Å²) in [7, 11) is 2.17. The van der Waals surface area contributed by atoms with Crippen molar-refractivity contribution < 1.29 is 19.1 Å². The highest BCUT2D eigenvalue weighted by Crippen LogP contribution is 2.74. The fraction of sp³-hybridized carbons (Fsp3) is 0.455. The average molecular weight is 415 g/mol. The largest absolute Gasteiger partial charge is 0.466 e. The SMILES string of the molecule is COC(=O)C1=C(C(=O)OC)C2(Cl)C(Cl)=C(Cl)C1(Cl)C2(Cl)Cl. The molecule has 0 aromatic rings. The Hall–Kier alpha value is 0.160. The summed E-state index contributed by atoms with van der Waals surface area (Å²) in [6, 6.07) is 0. The van der Waals surface area contributed by atoms with Gasteiger partial charge in [-0.25, -0.2) is 9.59 Å². The molecule has 116 valence electrons. The van der Waals surface area contributed by atoms with Gasteiger partial charge in [0, 0.05) is 0 Å². The van der Waals surface area contributed by atoms with Crippen molar-refractivity contribution in [3.8, 4) is 0 Å². The molecule has 0 N–H and O–H groups in total.